The smallest absolute Gasteiger partial charge is 0.337 e. The van der Waals surface area contributed by atoms with Crippen LogP contribution in [-0.2, 0) is 15.1 Å². The zero-order valence-corrected chi connectivity index (χ0v) is 18.5. The minimum atomic E-state index is -1.01. The van der Waals surface area contributed by atoms with Gasteiger partial charge in [0.15, 0.2) is 0 Å². The fourth-order valence-electron chi connectivity index (χ4n) is 3.56. The van der Waals surface area contributed by atoms with E-state index in [0.717, 1.165) is 19.8 Å². The highest BCUT2D eigenvalue weighted by Crippen LogP contribution is 2.31. The molecular weight excluding hydrogens is 374 g/mol. The summed E-state index contributed by atoms with van der Waals surface area (Å²) in [7, 11) is 0. The molecule has 0 amide bonds. The average Bonchev–Trinajstić information content (AvgIpc) is 2.59. The molecule has 8 nitrogen and oxygen atoms in total. The molecule has 29 heavy (non-hydrogen) atoms. The van der Waals surface area contributed by atoms with Gasteiger partial charge >= 0.3 is 23.0 Å². The van der Waals surface area contributed by atoms with Gasteiger partial charge in [-0.25, -0.2) is 32.9 Å². The second-order valence-electron chi connectivity index (χ2n) is 8.41. The van der Waals surface area contributed by atoms with E-state index in [2.05, 4.69) is 13.2 Å². The summed E-state index contributed by atoms with van der Waals surface area (Å²) in [5, 5.41) is 0. The fraction of sp³-hybridized carbons (Fsp3) is 0.619. The van der Waals surface area contributed by atoms with Gasteiger partial charge in [-0.05, 0) is 48.0 Å². The molecule has 2 unspecified atom stereocenters. The van der Waals surface area contributed by atoms with E-state index in [-0.39, 0.29) is 6.42 Å². The van der Waals surface area contributed by atoms with Crippen LogP contribution in [0.4, 0.5) is 0 Å². The molecule has 0 aliphatic rings. The Balaban J connectivity index is 3.87. The summed E-state index contributed by atoms with van der Waals surface area (Å²) in [5.74, 6) is -0.592. The van der Waals surface area contributed by atoms with Crippen molar-refractivity contribution in [1.82, 2.24) is 13.7 Å². The second-order valence-corrected chi connectivity index (χ2v) is 8.41. The van der Waals surface area contributed by atoms with Crippen LogP contribution in [0.25, 0.3) is 0 Å². The van der Waals surface area contributed by atoms with Crippen LogP contribution in [0.5, 0.6) is 0 Å². The standard InChI is InChI=1S/C21H33N3O5/c1-10-15(6)23-17(26)22(14(4)5)18(27)24(19(23)28)21(9,12-3)13-20(7,8)29-16(25)11-2/h10-11,14-15H,1-2,12-13H2,3-9H3. The predicted molar refractivity (Wildman–Crippen MR) is 113 cm³/mol. The molecule has 1 heterocycles. The van der Waals surface area contributed by atoms with Gasteiger partial charge in [0.1, 0.15) is 5.60 Å². The highest BCUT2D eigenvalue weighted by molar-refractivity contribution is 5.81. The number of carbonyl (C=O) groups excluding carboxylic acids is 1. The molecule has 0 aliphatic heterocycles. The van der Waals surface area contributed by atoms with E-state index in [9.17, 15) is 19.2 Å². The average molecular weight is 408 g/mol. The van der Waals surface area contributed by atoms with Gasteiger partial charge in [-0.1, -0.05) is 19.6 Å². The Morgan fingerprint density at radius 3 is 1.97 bits per heavy atom. The summed E-state index contributed by atoms with van der Waals surface area (Å²) in [6.07, 6.45) is 3.12. The number of rotatable bonds is 9. The summed E-state index contributed by atoms with van der Waals surface area (Å²) < 4.78 is 8.63. The third-order valence-corrected chi connectivity index (χ3v) is 5.12. The van der Waals surface area contributed by atoms with Crippen LogP contribution in [-0.4, -0.2) is 25.3 Å². The maximum atomic E-state index is 13.3. The zero-order valence-electron chi connectivity index (χ0n) is 18.5. The van der Waals surface area contributed by atoms with Crippen LogP contribution in [0, 0.1) is 0 Å². The molecule has 8 heteroatoms. The monoisotopic (exact) mass is 407 g/mol. The Labute approximate surface area is 171 Å². The lowest BCUT2D eigenvalue weighted by atomic mass is 9.85. The third kappa shape index (κ3) is 4.86. The summed E-state index contributed by atoms with van der Waals surface area (Å²) in [6.45, 7) is 19.1. The molecule has 0 radical (unpaired) electrons. The van der Waals surface area contributed by atoms with Gasteiger partial charge in [0.25, 0.3) is 0 Å². The normalized spacial score (nSPS) is 14.9. The largest absolute Gasteiger partial charge is 0.456 e. The minimum Gasteiger partial charge on any atom is -0.456 e. The van der Waals surface area contributed by atoms with Crippen LogP contribution < -0.4 is 17.1 Å². The van der Waals surface area contributed by atoms with Gasteiger partial charge in [0.05, 0.1) is 11.6 Å². The number of ether oxygens (including phenoxy) is 1. The molecule has 0 spiro atoms. The number of allylic oxidation sites excluding steroid dienone is 1. The molecule has 1 aromatic heterocycles. The van der Waals surface area contributed by atoms with Gasteiger partial charge < -0.3 is 4.74 Å². The van der Waals surface area contributed by atoms with E-state index in [1.54, 1.807) is 41.5 Å². The zero-order chi connectivity index (χ0) is 22.7. The Morgan fingerprint density at radius 1 is 1.03 bits per heavy atom. The first-order valence-corrected chi connectivity index (χ1v) is 9.74. The van der Waals surface area contributed by atoms with Crippen molar-refractivity contribution in [2.75, 3.05) is 0 Å². The molecular formula is C21H33N3O5. The molecule has 1 aromatic rings. The number of aromatic nitrogens is 3. The van der Waals surface area contributed by atoms with Crippen LogP contribution in [0.15, 0.2) is 39.7 Å². The van der Waals surface area contributed by atoms with Crippen LogP contribution in [0.2, 0.25) is 0 Å². The van der Waals surface area contributed by atoms with Crippen molar-refractivity contribution in [2.45, 2.75) is 84.5 Å². The predicted octanol–water partition coefficient (Wildman–Crippen LogP) is 2.52. The van der Waals surface area contributed by atoms with Crippen LogP contribution >= 0.6 is 0 Å². The molecule has 1 rings (SSSR count). The second kappa shape index (κ2) is 8.80. The first kappa shape index (κ1) is 24.4. The van der Waals surface area contributed by atoms with Crippen molar-refractivity contribution in [3.63, 3.8) is 0 Å². The molecule has 2 atom stereocenters. The van der Waals surface area contributed by atoms with Crippen LogP contribution in [0.1, 0.15) is 73.4 Å². The third-order valence-electron chi connectivity index (χ3n) is 5.12. The van der Waals surface area contributed by atoms with Gasteiger partial charge in [0, 0.05) is 18.5 Å². The maximum Gasteiger partial charge on any atom is 0.337 e. The van der Waals surface area contributed by atoms with E-state index < -0.39 is 46.3 Å². The van der Waals surface area contributed by atoms with Gasteiger partial charge in [-0.3, -0.25) is 0 Å². The molecule has 162 valence electrons. The molecule has 0 aromatic carbocycles. The SMILES string of the molecule is C=CC(=O)OC(C)(C)CC(C)(CC)n1c(=O)n(C(C)C)c(=O)n(C(C)C=C)c1=O. The number of hydrogen-bond acceptors (Lipinski definition) is 5. The highest BCUT2D eigenvalue weighted by atomic mass is 16.6. The Kier molecular flexibility index (Phi) is 7.40. The van der Waals surface area contributed by atoms with E-state index in [4.69, 9.17) is 4.74 Å². The number of nitrogens with zero attached hydrogens (tertiary/aromatic N) is 3. The molecule has 0 N–H and O–H groups in total. The molecule has 0 bridgehead atoms. The Hall–Kier alpha value is -2.64. The number of esters is 1. The topological polar surface area (TPSA) is 92.3 Å². The lowest BCUT2D eigenvalue weighted by Gasteiger charge is -2.37. The minimum absolute atomic E-state index is 0.185. The van der Waals surface area contributed by atoms with Gasteiger partial charge in [-0.2, -0.15) is 0 Å². The quantitative estimate of drug-likeness (QED) is 0.356. The van der Waals surface area contributed by atoms with Gasteiger partial charge in [0.2, 0.25) is 0 Å². The van der Waals surface area contributed by atoms with E-state index in [0.29, 0.717) is 6.42 Å². The summed E-state index contributed by atoms with van der Waals surface area (Å²) in [4.78, 5) is 51.1. The Bertz CT molecular complexity index is 964. The van der Waals surface area contributed by atoms with Crippen molar-refractivity contribution < 1.29 is 9.53 Å². The van der Waals surface area contributed by atoms with Crippen molar-refractivity contribution in [2.24, 2.45) is 0 Å². The Morgan fingerprint density at radius 2 is 1.55 bits per heavy atom. The fourth-order valence-corrected chi connectivity index (χ4v) is 3.56. The first-order valence-electron chi connectivity index (χ1n) is 9.74. The van der Waals surface area contributed by atoms with Crippen molar-refractivity contribution >= 4 is 5.97 Å². The van der Waals surface area contributed by atoms with E-state index in [1.165, 1.54) is 6.08 Å². The molecule has 0 aliphatic carbocycles. The lowest BCUT2D eigenvalue weighted by molar-refractivity contribution is -0.152. The lowest BCUT2D eigenvalue weighted by Crippen LogP contribution is -2.61. The summed E-state index contributed by atoms with van der Waals surface area (Å²) in [5.41, 5.74) is -4.05. The first-order chi connectivity index (χ1) is 13.3. The number of carbonyl (C=O) groups is 1. The molecule has 0 saturated heterocycles. The van der Waals surface area contributed by atoms with Crippen molar-refractivity contribution in [1.29, 1.82) is 0 Å². The molecule has 0 fully saturated rings. The van der Waals surface area contributed by atoms with Gasteiger partial charge in [-0.15, -0.1) is 6.58 Å². The van der Waals surface area contributed by atoms with E-state index in [1.807, 2.05) is 6.92 Å². The van der Waals surface area contributed by atoms with Crippen molar-refractivity contribution in [3.8, 4) is 0 Å². The summed E-state index contributed by atoms with van der Waals surface area (Å²) in [6, 6.07) is -1.04. The van der Waals surface area contributed by atoms with Crippen LogP contribution in [0.3, 0.4) is 0 Å². The van der Waals surface area contributed by atoms with Crippen molar-refractivity contribution in [3.05, 3.63) is 56.8 Å². The summed E-state index contributed by atoms with van der Waals surface area (Å²) >= 11 is 0. The highest BCUT2D eigenvalue weighted by Gasteiger charge is 2.38. The maximum absolute atomic E-state index is 13.3. The van der Waals surface area contributed by atoms with E-state index >= 15 is 0 Å². The molecule has 0 saturated carbocycles. The number of hydrogen-bond donors (Lipinski definition) is 0.